The van der Waals surface area contributed by atoms with Gasteiger partial charge in [0.25, 0.3) is 0 Å². The van der Waals surface area contributed by atoms with Crippen LogP contribution in [0.4, 0.5) is 5.82 Å². The highest BCUT2D eigenvalue weighted by Gasteiger charge is 2.04. The summed E-state index contributed by atoms with van der Waals surface area (Å²) in [7, 11) is 1.65. The molecule has 0 spiro atoms. The number of methoxy groups -OCH3 is 1. The van der Waals surface area contributed by atoms with Gasteiger partial charge in [-0.3, -0.25) is 0 Å². The molecule has 0 aromatic carbocycles. The summed E-state index contributed by atoms with van der Waals surface area (Å²) in [5.74, 6) is 0.438. The number of ether oxygens (including phenoxy) is 1. The fourth-order valence-electron chi connectivity index (χ4n) is 0.823. The average molecular weight is 190 g/mol. The largest absolute Gasteiger partial charge is 0.382 e. The van der Waals surface area contributed by atoms with Crippen LogP contribution in [0.3, 0.4) is 0 Å². The second-order valence-corrected chi connectivity index (χ2v) is 2.43. The lowest BCUT2D eigenvalue weighted by molar-refractivity contribution is 0.156. The number of aromatic nitrogens is 3. The standard InChI is InChI=1S/C6H12N4O.H2S/c1-5(4-11-2)10-3-6(7)8-9-10;/h3,5H,4,7H2,1-2H3;1H2. The van der Waals surface area contributed by atoms with Crippen LogP contribution in [-0.2, 0) is 4.74 Å². The third-order valence-corrected chi connectivity index (χ3v) is 1.39. The molecular formula is C6H14N4OS. The Morgan fingerprint density at radius 3 is 2.83 bits per heavy atom. The highest BCUT2D eigenvalue weighted by atomic mass is 32.1. The molecule has 0 saturated heterocycles. The molecule has 0 fully saturated rings. The molecule has 0 aliphatic rings. The van der Waals surface area contributed by atoms with Crippen LogP contribution in [0.15, 0.2) is 6.20 Å². The predicted molar refractivity (Wildman–Crippen MR) is 51.4 cm³/mol. The first kappa shape index (κ1) is 11.2. The SMILES string of the molecule is COCC(C)n1cc(N)nn1.S. The maximum Gasteiger partial charge on any atom is 0.165 e. The van der Waals surface area contributed by atoms with Crippen molar-refractivity contribution in [3.63, 3.8) is 0 Å². The number of nitrogen functional groups attached to an aromatic ring is 1. The molecular weight excluding hydrogens is 176 g/mol. The third-order valence-electron chi connectivity index (χ3n) is 1.39. The van der Waals surface area contributed by atoms with Gasteiger partial charge in [-0.15, -0.1) is 5.10 Å². The van der Waals surface area contributed by atoms with Gasteiger partial charge in [-0.25, -0.2) is 4.68 Å². The van der Waals surface area contributed by atoms with E-state index in [1.165, 1.54) is 0 Å². The van der Waals surface area contributed by atoms with E-state index in [0.717, 1.165) is 0 Å². The van der Waals surface area contributed by atoms with Crippen LogP contribution in [0.2, 0.25) is 0 Å². The van der Waals surface area contributed by atoms with Crippen molar-refractivity contribution >= 4 is 19.3 Å². The van der Waals surface area contributed by atoms with Crippen LogP contribution in [0.5, 0.6) is 0 Å². The van der Waals surface area contributed by atoms with Gasteiger partial charge in [0.1, 0.15) is 0 Å². The van der Waals surface area contributed by atoms with E-state index in [-0.39, 0.29) is 19.5 Å². The van der Waals surface area contributed by atoms with Crippen LogP contribution in [-0.4, -0.2) is 28.7 Å². The van der Waals surface area contributed by atoms with Crippen molar-refractivity contribution in [3.05, 3.63) is 6.20 Å². The van der Waals surface area contributed by atoms with Gasteiger partial charge in [0.05, 0.1) is 18.8 Å². The maximum absolute atomic E-state index is 5.38. The Kier molecular flexibility index (Phi) is 4.68. The van der Waals surface area contributed by atoms with Gasteiger partial charge in [0.2, 0.25) is 0 Å². The number of anilines is 1. The molecule has 0 saturated carbocycles. The first-order valence-electron chi connectivity index (χ1n) is 3.40. The Bertz CT molecular complexity index is 227. The summed E-state index contributed by atoms with van der Waals surface area (Å²) in [4.78, 5) is 0. The number of nitrogens with zero attached hydrogens (tertiary/aromatic N) is 3. The highest BCUT2D eigenvalue weighted by Crippen LogP contribution is 2.04. The normalized spacial score (nSPS) is 12.2. The van der Waals surface area contributed by atoms with E-state index in [2.05, 4.69) is 10.3 Å². The lowest BCUT2D eigenvalue weighted by atomic mass is 10.4. The predicted octanol–water partition coefficient (Wildman–Crippen LogP) is 0.180. The lowest BCUT2D eigenvalue weighted by Crippen LogP contribution is -2.11. The third kappa shape index (κ3) is 2.71. The van der Waals surface area contributed by atoms with E-state index in [1.54, 1.807) is 18.0 Å². The quantitative estimate of drug-likeness (QED) is 0.738. The van der Waals surface area contributed by atoms with Gasteiger partial charge in [0, 0.05) is 7.11 Å². The molecule has 1 aromatic rings. The molecule has 0 radical (unpaired) electrons. The monoisotopic (exact) mass is 190 g/mol. The minimum absolute atomic E-state index is 0. The van der Waals surface area contributed by atoms with Gasteiger partial charge in [-0.1, -0.05) is 5.21 Å². The van der Waals surface area contributed by atoms with Crippen molar-refractivity contribution in [2.45, 2.75) is 13.0 Å². The minimum atomic E-state index is 0. The van der Waals surface area contributed by atoms with E-state index in [0.29, 0.717) is 12.4 Å². The van der Waals surface area contributed by atoms with Gasteiger partial charge in [0.15, 0.2) is 5.82 Å². The number of rotatable bonds is 3. The van der Waals surface area contributed by atoms with Crippen LogP contribution in [0.1, 0.15) is 13.0 Å². The summed E-state index contributed by atoms with van der Waals surface area (Å²) in [5, 5.41) is 7.45. The molecule has 1 unspecified atom stereocenters. The summed E-state index contributed by atoms with van der Waals surface area (Å²) < 4.78 is 6.62. The zero-order valence-corrected chi connectivity index (χ0v) is 8.19. The zero-order chi connectivity index (χ0) is 8.27. The van der Waals surface area contributed by atoms with E-state index in [9.17, 15) is 0 Å². The molecule has 0 aliphatic heterocycles. The molecule has 1 heterocycles. The van der Waals surface area contributed by atoms with Gasteiger partial charge in [-0.2, -0.15) is 13.5 Å². The average Bonchev–Trinajstić information content (AvgIpc) is 2.36. The molecule has 6 heteroatoms. The molecule has 0 bridgehead atoms. The summed E-state index contributed by atoms with van der Waals surface area (Å²) >= 11 is 0. The van der Waals surface area contributed by atoms with Crippen LogP contribution in [0.25, 0.3) is 0 Å². The molecule has 70 valence electrons. The van der Waals surface area contributed by atoms with Crippen molar-refractivity contribution in [1.29, 1.82) is 0 Å². The molecule has 2 N–H and O–H groups in total. The Labute approximate surface area is 78.3 Å². The summed E-state index contributed by atoms with van der Waals surface area (Å²) in [5.41, 5.74) is 5.38. The molecule has 0 aliphatic carbocycles. The molecule has 1 rings (SSSR count). The summed E-state index contributed by atoms with van der Waals surface area (Å²) in [6.07, 6.45) is 1.68. The van der Waals surface area contributed by atoms with Gasteiger partial charge in [-0.05, 0) is 6.92 Å². The first-order valence-corrected chi connectivity index (χ1v) is 3.40. The van der Waals surface area contributed by atoms with Crippen molar-refractivity contribution < 1.29 is 4.74 Å². The molecule has 5 nitrogen and oxygen atoms in total. The van der Waals surface area contributed by atoms with Crippen LogP contribution < -0.4 is 5.73 Å². The number of nitrogens with two attached hydrogens (primary N) is 1. The smallest absolute Gasteiger partial charge is 0.165 e. The van der Waals surface area contributed by atoms with E-state index in [4.69, 9.17) is 10.5 Å². The lowest BCUT2D eigenvalue weighted by Gasteiger charge is -2.08. The van der Waals surface area contributed by atoms with Gasteiger partial charge >= 0.3 is 0 Å². The van der Waals surface area contributed by atoms with Crippen molar-refractivity contribution in [2.75, 3.05) is 19.5 Å². The Morgan fingerprint density at radius 2 is 2.42 bits per heavy atom. The summed E-state index contributed by atoms with van der Waals surface area (Å²) in [6.45, 7) is 2.60. The fourth-order valence-corrected chi connectivity index (χ4v) is 0.823. The Morgan fingerprint density at radius 1 is 1.75 bits per heavy atom. The van der Waals surface area contributed by atoms with Crippen LogP contribution >= 0.6 is 13.5 Å². The Balaban J connectivity index is 0.00000121. The number of hydrogen-bond acceptors (Lipinski definition) is 4. The Hall–Kier alpha value is -0.750. The number of hydrogen-bond donors (Lipinski definition) is 1. The highest BCUT2D eigenvalue weighted by molar-refractivity contribution is 7.59. The second kappa shape index (κ2) is 5.00. The van der Waals surface area contributed by atoms with E-state index >= 15 is 0 Å². The first-order chi connectivity index (χ1) is 5.24. The summed E-state index contributed by atoms with van der Waals surface area (Å²) in [6, 6.07) is 0.185. The molecule has 0 amide bonds. The zero-order valence-electron chi connectivity index (χ0n) is 7.19. The second-order valence-electron chi connectivity index (χ2n) is 2.43. The molecule has 1 aromatic heterocycles. The van der Waals surface area contributed by atoms with Crippen molar-refractivity contribution in [2.24, 2.45) is 0 Å². The van der Waals surface area contributed by atoms with Crippen molar-refractivity contribution in [3.8, 4) is 0 Å². The molecule has 1 atom stereocenters. The van der Waals surface area contributed by atoms with E-state index < -0.39 is 0 Å². The van der Waals surface area contributed by atoms with Crippen LogP contribution in [0, 0.1) is 0 Å². The van der Waals surface area contributed by atoms with Crippen molar-refractivity contribution in [1.82, 2.24) is 15.0 Å². The van der Waals surface area contributed by atoms with E-state index in [1.807, 2.05) is 6.92 Å². The fraction of sp³-hybridized carbons (Fsp3) is 0.667. The van der Waals surface area contributed by atoms with Gasteiger partial charge < -0.3 is 10.5 Å². The maximum atomic E-state index is 5.38. The topological polar surface area (TPSA) is 66.0 Å². The molecule has 12 heavy (non-hydrogen) atoms. The minimum Gasteiger partial charge on any atom is -0.382 e.